The summed E-state index contributed by atoms with van der Waals surface area (Å²) in [6, 6.07) is 0. The fourth-order valence-corrected chi connectivity index (χ4v) is 1.18. The molecule has 11 heavy (non-hydrogen) atoms. The molecule has 1 heterocycles. The lowest BCUT2D eigenvalue weighted by molar-refractivity contribution is -0.760. The molecule has 0 fully saturated rings. The van der Waals surface area contributed by atoms with E-state index in [2.05, 4.69) is 28.2 Å². The molecule has 0 N–H and O–H groups in total. The summed E-state index contributed by atoms with van der Waals surface area (Å²) in [7, 11) is 4.06. The number of aryl methyl sites for hydroxylation is 1. The summed E-state index contributed by atoms with van der Waals surface area (Å²) >= 11 is 0. The third kappa shape index (κ3) is 1.27. The summed E-state index contributed by atoms with van der Waals surface area (Å²) in [4.78, 5) is 4.44. The molecule has 3 heteroatoms. The van der Waals surface area contributed by atoms with E-state index in [-0.39, 0.29) is 0 Å². The van der Waals surface area contributed by atoms with Crippen LogP contribution in [0.5, 0.6) is 0 Å². The lowest BCUT2D eigenvalue weighted by Crippen LogP contribution is -2.41. The van der Waals surface area contributed by atoms with E-state index >= 15 is 0 Å². The molecule has 0 radical (unpaired) electrons. The van der Waals surface area contributed by atoms with Gasteiger partial charge in [-0.05, 0) is 4.98 Å². The highest BCUT2D eigenvalue weighted by Gasteiger charge is 2.20. The molecule has 0 aliphatic rings. The zero-order chi connectivity index (χ0) is 8.59. The fourth-order valence-electron chi connectivity index (χ4n) is 1.18. The standard InChI is InChI=1S/C8H16N3/c1-6(2)8-9-7(3)10(4)11(8)5/h6H,1-5H3/q+1. The number of rotatable bonds is 1. The molecule has 0 amide bonds. The van der Waals surface area contributed by atoms with Gasteiger partial charge in [0.2, 0.25) is 0 Å². The predicted octanol–water partition coefficient (Wildman–Crippen LogP) is 0.676. The van der Waals surface area contributed by atoms with Crippen molar-refractivity contribution >= 4 is 0 Å². The summed E-state index contributed by atoms with van der Waals surface area (Å²) in [6.45, 7) is 6.33. The summed E-state index contributed by atoms with van der Waals surface area (Å²) < 4.78 is 4.13. The largest absolute Gasteiger partial charge is 0.321 e. The van der Waals surface area contributed by atoms with Crippen LogP contribution in [0, 0.1) is 6.92 Å². The molecular formula is C8H16N3+. The topological polar surface area (TPSA) is 21.7 Å². The minimum absolute atomic E-state index is 0.500. The van der Waals surface area contributed by atoms with Crippen molar-refractivity contribution in [2.75, 3.05) is 0 Å². The molecule has 0 aliphatic heterocycles. The van der Waals surface area contributed by atoms with Gasteiger partial charge in [0.1, 0.15) is 7.05 Å². The Morgan fingerprint density at radius 3 is 2.18 bits per heavy atom. The minimum atomic E-state index is 0.500. The molecule has 0 spiro atoms. The highest BCUT2D eigenvalue weighted by Crippen LogP contribution is 2.06. The van der Waals surface area contributed by atoms with Crippen LogP contribution in [0.1, 0.15) is 31.4 Å². The molecule has 0 atom stereocenters. The second kappa shape index (κ2) is 2.64. The zero-order valence-electron chi connectivity index (χ0n) is 7.92. The van der Waals surface area contributed by atoms with Gasteiger partial charge in [-0.25, -0.2) is 0 Å². The molecule has 3 nitrogen and oxygen atoms in total. The third-order valence-corrected chi connectivity index (χ3v) is 2.04. The number of nitrogens with zero attached hydrogens (tertiary/aromatic N) is 3. The second-order valence-corrected chi connectivity index (χ2v) is 3.22. The maximum atomic E-state index is 4.44. The molecule has 1 aromatic rings. The van der Waals surface area contributed by atoms with Gasteiger partial charge < -0.3 is 0 Å². The Balaban J connectivity index is 3.19. The summed E-state index contributed by atoms with van der Waals surface area (Å²) in [6.07, 6.45) is 0. The van der Waals surface area contributed by atoms with Crippen molar-refractivity contribution in [1.82, 2.24) is 9.67 Å². The van der Waals surface area contributed by atoms with E-state index in [1.54, 1.807) is 0 Å². The Labute approximate surface area is 67.7 Å². The molecule has 62 valence electrons. The van der Waals surface area contributed by atoms with E-state index in [0.717, 1.165) is 11.6 Å². The van der Waals surface area contributed by atoms with Gasteiger partial charge in [0.05, 0.1) is 13.0 Å². The van der Waals surface area contributed by atoms with Crippen LogP contribution in [0.15, 0.2) is 0 Å². The Bertz CT molecular complexity index is 261. The van der Waals surface area contributed by atoms with Crippen LogP contribution in [-0.4, -0.2) is 9.67 Å². The van der Waals surface area contributed by atoms with Crippen molar-refractivity contribution in [3.63, 3.8) is 0 Å². The third-order valence-electron chi connectivity index (χ3n) is 2.04. The van der Waals surface area contributed by atoms with Crippen LogP contribution in [-0.2, 0) is 14.1 Å². The van der Waals surface area contributed by atoms with Gasteiger partial charge in [-0.15, -0.1) is 0 Å². The van der Waals surface area contributed by atoms with Gasteiger partial charge in [0, 0.05) is 6.92 Å². The molecule has 0 aliphatic carbocycles. The summed E-state index contributed by atoms with van der Waals surface area (Å²) in [5.41, 5.74) is 0. The highest BCUT2D eigenvalue weighted by atomic mass is 15.4. The van der Waals surface area contributed by atoms with Gasteiger partial charge in [0.15, 0.2) is 0 Å². The van der Waals surface area contributed by atoms with Crippen molar-refractivity contribution in [2.45, 2.75) is 26.7 Å². The first kappa shape index (κ1) is 8.24. The van der Waals surface area contributed by atoms with Gasteiger partial charge in [-0.3, -0.25) is 0 Å². The van der Waals surface area contributed by atoms with E-state index in [4.69, 9.17) is 0 Å². The first-order valence-corrected chi connectivity index (χ1v) is 3.93. The van der Waals surface area contributed by atoms with Crippen molar-refractivity contribution in [3.8, 4) is 0 Å². The Morgan fingerprint density at radius 1 is 1.45 bits per heavy atom. The lowest BCUT2D eigenvalue weighted by atomic mass is 10.2. The normalized spacial score (nSPS) is 11.1. The SMILES string of the molecule is Cc1nc(C(C)C)[n+](C)n1C. The number of aromatic nitrogens is 3. The smallest absolute Gasteiger partial charge is 0.182 e. The highest BCUT2D eigenvalue weighted by molar-refractivity contribution is 4.87. The molecule has 0 aromatic carbocycles. The summed E-state index contributed by atoms with van der Waals surface area (Å²) in [5.74, 6) is 2.71. The van der Waals surface area contributed by atoms with Crippen LogP contribution >= 0.6 is 0 Å². The fraction of sp³-hybridized carbons (Fsp3) is 0.750. The average molecular weight is 154 g/mol. The monoisotopic (exact) mass is 154 g/mol. The number of hydrogen-bond donors (Lipinski definition) is 0. The summed E-state index contributed by atoms with van der Waals surface area (Å²) in [5, 5.41) is 0. The van der Waals surface area contributed by atoms with Gasteiger partial charge in [-0.2, -0.15) is 9.36 Å². The van der Waals surface area contributed by atoms with Crippen LogP contribution in [0.4, 0.5) is 0 Å². The Morgan fingerprint density at radius 2 is 2.00 bits per heavy atom. The lowest BCUT2D eigenvalue weighted by Gasteiger charge is -1.96. The Hall–Kier alpha value is -0.860. The van der Waals surface area contributed by atoms with Crippen LogP contribution in [0.2, 0.25) is 0 Å². The molecule has 0 saturated carbocycles. The molecule has 1 rings (SSSR count). The number of hydrogen-bond acceptors (Lipinski definition) is 1. The maximum Gasteiger partial charge on any atom is 0.321 e. The first-order chi connectivity index (χ1) is 5.04. The van der Waals surface area contributed by atoms with E-state index in [1.807, 2.05) is 21.0 Å². The molecule has 0 bridgehead atoms. The van der Waals surface area contributed by atoms with E-state index < -0.39 is 0 Å². The van der Waals surface area contributed by atoms with Crippen molar-refractivity contribution in [2.24, 2.45) is 14.1 Å². The predicted molar refractivity (Wildman–Crippen MR) is 43.2 cm³/mol. The van der Waals surface area contributed by atoms with Crippen LogP contribution in [0.25, 0.3) is 0 Å². The molecule has 0 saturated heterocycles. The molecular weight excluding hydrogens is 138 g/mol. The van der Waals surface area contributed by atoms with E-state index in [9.17, 15) is 0 Å². The first-order valence-electron chi connectivity index (χ1n) is 3.93. The Kier molecular flexibility index (Phi) is 1.98. The molecule has 1 aromatic heterocycles. The molecule has 0 unspecified atom stereocenters. The van der Waals surface area contributed by atoms with Crippen LogP contribution < -0.4 is 4.68 Å². The van der Waals surface area contributed by atoms with E-state index in [1.165, 1.54) is 0 Å². The minimum Gasteiger partial charge on any atom is -0.182 e. The maximum absolute atomic E-state index is 4.44. The second-order valence-electron chi connectivity index (χ2n) is 3.22. The quantitative estimate of drug-likeness (QED) is 0.545. The van der Waals surface area contributed by atoms with E-state index in [0.29, 0.717) is 5.92 Å². The van der Waals surface area contributed by atoms with Crippen molar-refractivity contribution in [3.05, 3.63) is 11.6 Å². The van der Waals surface area contributed by atoms with Gasteiger partial charge in [-0.1, -0.05) is 13.8 Å². The van der Waals surface area contributed by atoms with Crippen molar-refractivity contribution in [1.29, 1.82) is 0 Å². The van der Waals surface area contributed by atoms with Crippen molar-refractivity contribution < 1.29 is 4.68 Å². The van der Waals surface area contributed by atoms with Crippen LogP contribution in [0.3, 0.4) is 0 Å². The van der Waals surface area contributed by atoms with Gasteiger partial charge in [0.25, 0.3) is 5.82 Å². The average Bonchev–Trinajstić information content (AvgIpc) is 2.17. The zero-order valence-corrected chi connectivity index (χ0v) is 7.92. The van der Waals surface area contributed by atoms with Gasteiger partial charge >= 0.3 is 5.82 Å².